The van der Waals surface area contributed by atoms with Crippen LogP contribution in [0.25, 0.3) is 0 Å². The van der Waals surface area contributed by atoms with Gasteiger partial charge in [0.25, 0.3) is 0 Å². The van der Waals surface area contributed by atoms with Gasteiger partial charge in [-0.3, -0.25) is 0 Å². The highest BCUT2D eigenvalue weighted by Crippen LogP contribution is 2.41. The lowest BCUT2D eigenvalue weighted by atomic mass is 9.71. The third kappa shape index (κ3) is 1.66. The first-order valence-electron chi connectivity index (χ1n) is 5.43. The fourth-order valence-electron chi connectivity index (χ4n) is 2.98. The molecular formula is C11H20O. The fourth-order valence-corrected chi connectivity index (χ4v) is 2.98. The van der Waals surface area contributed by atoms with Crippen molar-refractivity contribution in [3.63, 3.8) is 0 Å². The molecule has 0 heterocycles. The molecule has 1 N–H and O–H groups in total. The molecule has 0 aromatic carbocycles. The zero-order valence-electron chi connectivity index (χ0n) is 8.00. The van der Waals surface area contributed by atoms with Gasteiger partial charge in [0.05, 0.1) is 6.10 Å². The van der Waals surface area contributed by atoms with E-state index >= 15 is 0 Å². The fraction of sp³-hybridized carbons (Fsp3) is 1.00. The molecule has 2 atom stereocenters. The van der Waals surface area contributed by atoms with Gasteiger partial charge in [0, 0.05) is 0 Å². The molecule has 0 radical (unpaired) electrons. The topological polar surface area (TPSA) is 20.2 Å². The van der Waals surface area contributed by atoms with E-state index in [-0.39, 0.29) is 6.10 Å². The molecule has 2 saturated carbocycles. The summed E-state index contributed by atoms with van der Waals surface area (Å²) in [5.41, 5.74) is 0. The molecule has 0 saturated heterocycles. The van der Waals surface area contributed by atoms with Crippen LogP contribution in [0.5, 0.6) is 0 Å². The largest absolute Gasteiger partial charge is 0.393 e. The van der Waals surface area contributed by atoms with E-state index in [2.05, 4.69) is 6.92 Å². The SMILES string of the molecule is CC1CC(CC2CCCC2O)C1. The number of hydrogen-bond donors (Lipinski definition) is 1. The molecule has 2 rings (SSSR count). The Bertz CT molecular complexity index is 149. The summed E-state index contributed by atoms with van der Waals surface area (Å²) < 4.78 is 0. The third-order valence-corrected chi connectivity index (χ3v) is 3.73. The Morgan fingerprint density at radius 3 is 2.50 bits per heavy atom. The van der Waals surface area contributed by atoms with Gasteiger partial charge >= 0.3 is 0 Å². The quantitative estimate of drug-likeness (QED) is 0.672. The molecule has 2 aliphatic rings. The summed E-state index contributed by atoms with van der Waals surface area (Å²) in [5.74, 6) is 2.58. The van der Waals surface area contributed by atoms with Gasteiger partial charge < -0.3 is 5.11 Å². The molecule has 0 amide bonds. The predicted molar refractivity (Wildman–Crippen MR) is 49.9 cm³/mol. The van der Waals surface area contributed by atoms with E-state index in [0.717, 1.165) is 18.3 Å². The van der Waals surface area contributed by atoms with Crippen LogP contribution in [0.1, 0.15) is 45.4 Å². The number of hydrogen-bond acceptors (Lipinski definition) is 1. The van der Waals surface area contributed by atoms with Crippen molar-refractivity contribution in [3.05, 3.63) is 0 Å². The van der Waals surface area contributed by atoms with Crippen LogP contribution in [0.2, 0.25) is 0 Å². The zero-order valence-corrected chi connectivity index (χ0v) is 8.00. The number of rotatable bonds is 2. The first-order valence-corrected chi connectivity index (χ1v) is 5.43. The molecule has 0 aromatic rings. The average molecular weight is 168 g/mol. The summed E-state index contributed by atoms with van der Waals surface area (Å²) in [6.07, 6.45) is 7.80. The van der Waals surface area contributed by atoms with Crippen LogP contribution in [0.3, 0.4) is 0 Å². The van der Waals surface area contributed by atoms with Crippen LogP contribution in [-0.4, -0.2) is 11.2 Å². The molecule has 12 heavy (non-hydrogen) atoms. The Labute approximate surface area is 75.2 Å². The molecule has 2 aliphatic carbocycles. The maximum Gasteiger partial charge on any atom is 0.0568 e. The molecule has 1 nitrogen and oxygen atoms in total. The Morgan fingerprint density at radius 1 is 1.25 bits per heavy atom. The second-order valence-electron chi connectivity index (χ2n) is 4.94. The summed E-state index contributed by atoms with van der Waals surface area (Å²) in [5, 5.41) is 9.62. The first kappa shape index (κ1) is 8.55. The van der Waals surface area contributed by atoms with E-state index in [1.807, 2.05) is 0 Å². The molecule has 70 valence electrons. The van der Waals surface area contributed by atoms with Gasteiger partial charge in [0.1, 0.15) is 0 Å². The maximum absolute atomic E-state index is 9.62. The summed E-state index contributed by atoms with van der Waals surface area (Å²) >= 11 is 0. The van der Waals surface area contributed by atoms with E-state index in [4.69, 9.17) is 0 Å². The van der Waals surface area contributed by atoms with Crippen LogP contribution in [0, 0.1) is 17.8 Å². The van der Waals surface area contributed by atoms with Gasteiger partial charge in [-0.25, -0.2) is 0 Å². The van der Waals surface area contributed by atoms with Crippen molar-refractivity contribution in [2.45, 2.75) is 51.6 Å². The van der Waals surface area contributed by atoms with Crippen molar-refractivity contribution < 1.29 is 5.11 Å². The summed E-state index contributed by atoms with van der Waals surface area (Å²) in [4.78, 5) is 0. The number of aliphatic hydroxyl groups excluding tert-OH is 1. The normalized spacial score (nSPS) is 47.5. The first-order chi connectivity index (χ1) is 5.75. The highest BCUT2D eigenvalue weighted by atomic mass is 16.3. The predicted octanol–water partition coefficient (Wildman–Crippen LogP) is 2.58. The van der Waals surface area contributed by atoms with Crippen molar-refractivity contribution >= 4 is 0 Å². The van der Waals surface area contributed by atoms with Gasteiger partial charge in [0.2, 0.25) is 0 Å². The molecule has 0 spiro atoms. The molecule has 2 unspecified atom stereocenters. The highest BCUT2D eigenvalue weighted by molar-refractivity contribution is 4.84. The second kappa shape index (κ2) is 3.37. The van der Waals surface area contributed by atoms with Crippen molar-refractivity contribution in [2.75, 3.05) is 0 Å². The van der Waals surface area contributed by atoms with Crippen LogP contribution >= 0.6 is 0 Å². The molecule has 2 fully saturated rings. The minimum absolute atomic E-state index is 0.0425. The third-order valence-electron chi connectivity index (χ3n) is 3.73. The smallest absolute Gasteiger partial charge is 0.0568 e. The van der Waals surface area contributed by atoms with Gasteiger partial charge in [0.15, 0.2) is 0 Å². The van der Waals surface area contributed by atoms with Gasteiger partial charge in [-0.2, -0.15) is 0 Å². The summed E-state index contributed by atoms with van der Waals surface area (Å²) in [6.45, 7) is 2.33. The summed E-state index contributed by atoms with van der Waals surface area (Å²) in [7, 11) is 0. The molecule has 0 bridgehead atoms. The lowest BCUT2D eigenvalue weighted by Gasteiger charge is -2.35. The lowest BCUT2D eigenvalue weighted by Crippen LogP contribution is -2.26. The van der Waals surface area contributed by atoms with Crippen LogP contribution in [-0.2, 0) is 0 Å². The molecule has 0 aliphatic heterocycles. The minimum atomic E-state index is 0.0425. The van der Waals surface area contributed by atoms with E-state index in [1.165, 1.54) is 32.1 Å². The highest BCUT2D eigenvalue weighted by Gasteiger charge is 2.32. The summed E-state index contributed by atoms with van der Waals surface area (Å²) in [6, 6.07) is 0. The van der Waals surface area contributed by atoms with E-state index in [9.17, 15) is 5.11 Å². The van der Waals surface area contributed by atoms with E-state index < -0.39 is 0 Å². The van der Waals surface area contributed by atoms with Crippen molar-refractivity contribution in [1.29, 1.82) is 0 Å². The van der Waals surface area contributed by atoms with Gasteiger partial charge in [-0.1, -0.05) is 13.3 Å². The Balaban J connectivity index is 1.72. The maximum atomic E-state index is 9.62. The monoisotopic (exact) mass is 168 g/mol. The van der Waals surface area contributed by atoms with Gasteiger partial charge in [-0.05, 0) is 49.9 Å². The minimum Gasteiger partial charge on any atom is -0.393 e. The van der Waals surface area contributed by atoms with Crippen molar-refractivity contribution in [3.8, 4) is 0 Å². The van der Waals surface area contributed by atoms with E-state index in [0.29, 0.717) is 5.92 Å². The Hall–Kier alpha value is -0.0400. The number of aliphatic hydroxyl groups is 1. The van der Waals surface area contributed by atoms with Crippen LogP contribution in [0.4, 0.5) is 0 Å². The molecule has 1 heteroatoms. The average Bonchev–Trinajstić information content (AvgIpc) is 2.33. The van der Waals surface area contributed by atoms with E-state index in [1.54, 1.807) is 0 Å². The van der Waals surface area contributed by atoms with Crippen LogP contribution < -0.4 is 0 Å². The molecule has 0 aromatic heterocycles. The lowest BCUT2D eigenvalue weighted by molar-refractivity contribution is 0.0899. The molecular weight excluding hydrogens is 148 g/mol. The zero-order chi connectivity index (χ0) is 8.55. The van der Waals surface area contributed by atoms with Crippen LogP contribution in [0.15, 0.2) is 0 Å². The standard InChI is InChI=1S/C11H20O/c1-8-5-9(6-8)7-10-3-2-4-11(10)12/h8-12H,2-7H2,1H3. The Kier molecular flexibility index (Phi) is 2.40. The van der Waals surface area contributed by atoms with Gasteiger partial charge in [-0.15, -0.1) is 0 Å². The van der Waals surface area contributed by atoms with Crippen molar-refractivity contribution in [2.24, 2.45) is 17.8 Å². The second-order valence-corrected chi connectivity index (χ2v) is 4.94. The Morgan fingerprint density at radius 2 is 2.00 bits per heavy atom. The van der Waals surface area contributed by atoms with Crippen molar-refractivity contribution in [1.82, 2.24) is 0 Å².